The van der Waals surface area contributed by atoms with Crippen molar-refractivity contribution in [3.8, 4) is 0 Å². The van der Waals surface area contributed by atoms with Gasteiger partial charge in [0.1, 0.15) is 4.83 Å². The quantitative estimate of drug-likeness (QED) is 0.498. The first kappa shape index (κ1) is 16.6. The summed E-state index contributed by atoms with van der Waals surface area (Å²) in [5.74, 6) is 1.48. The number of nitrogens with zero attached hydrogens (tertiary/aromatic N) is 4. The third-order valence-electron chi connectivity index (χ3n) is 4.35. The summed E-state index contributed by atoms with van der Waals surface area (Å²) in [5, 5.41) is 12.0. The summed E-state index contributed by atoms with van der Waals surface area (Å²) in [4.78, 5) is 7.26. The Morgan fingerprint density at radius 1 is 1.33 bits per heavy atom. The fourth-order valence-electron chi connectivity index (χ4n) is 3.11. The van der Waals surface area contributed by atoms with Crippen LogP contribution in [-0.2, 0) is 17.8 Å². The SMILES string of the molecule is CCSc1nnc2c3c4c(sc3nc(SC)n12)CO[C@H](C(C)C)C4. The van der Waals surface area contributed by atoms with E-state index in [-0.39, 0.29) is 6.10 Å². The van der Waals surface area contributed by atoms with E-state index in [0.29, 0.717) is 12.5 Å². The molecular formula is C16H20N4OS3. The number of hydrogen-bond donors (Lipinski definition) is 0. The monoisotopic (exact) mass is 380 g/mol. The molecule has 4 rings (SSSR count). The van der Waals surface area contributed by atoms with Gasteiger partial charge in [-0.05, 0) is 23.5 Å². The Kier molecular flexibility index (Phi) is 4.49. The molecule has 4 heterocycles. The zero-order valence-corrected chi connectivity index (χ0v) is 16.6. The van der Waals surface area contributed by atoms with Crippen LogP contribution < -0.4 is 0 Å². The van der Waals surface area contributed by atoms with E-state index >= 15 is 0 Å². The van der Waals surface area contributed by atoms with Gasteiger partial charge in [0.05, 0.1) is 18.1 Å². The maximum atomic E-state index is 6.04. The Labute approximate surface area is 153 Å². The lowest BCUT2D eigenvalue weighted by Crippen LogP contribution is -2.26. The van der Waals surface area contributed by atoms with Crippen LogP contribution in [0.5, 0.6) is 0 Å². The van der Waals surface area contributed by atoms with Gasteiger partial charge >= 0.3 is 0 Å². The summed E-state index contributed by atoms with van der Waals surface area (Å²) in [6.07, 6.45) is 3.26. The highest BCUT2D eigenvalue weighted by Crippen LogP contribution is 2.40. The van der Waals surface area contributed by atoms with Gasteiger partial charge in [-0.1, -0.05) is 44.3 Å². The molecule has 128 valence electrons. The van der Waals surface area contributed by atoms with Gasteiger partial charge in [0.25, 0.3) is 0 Å². The minimum Gasteiger partial charge on any atom is -0.372 e. The summed E-state index contributed by atoms with van der Waals surface area (Å²) in [7, 11) is 0. The van der Waals surface area contributed by atoms with E-state index in [0.717, 1.165) is 33.0 Å². The number of hydrogen-bond acceptors (Lipinski definition) is 7. The second-order valence-electron chi connectivity index (χ2n) is 6.15. The summed E-state index contributed by atoms with van der Waals surface area (Å²) >= 11 is 5.10. The van der Waals surface area contributed by atoms with Crippen LogP contribution in [0, 0.1) is 5.92 Å². The van der Waals surface area contributed by atoms with Gasteiger partial charge in [-0.3, -0.25) is 0 Å². The van der Waals surface area contributed by atoms with E-state index in [1.807, 2.05) is 0 Å². The van der Waals surface area contributed by atoms with Gasteiger partial charge in [-0.25, -0.2) is 9.38 Å². The highest BCUT2D eigenvalue weighted by atomic mass is 32.2. The largest absolute Gasteiger partial charge is 0.372 e. The van der Waals surface area contributed by atoms with Crippen LogP contribution in [0.4, 0.5) is 0 Å². The molecule has 1 aliphatic heterocycles. The average Bonchev–Trinajstić information content (AvgIpc) is 3.14. The Bertz CT molecular complexity index is 902. The van der Waals surface area contributed by atoms with Crippen LogP contribution in [0.25, 0.3) is 15.9 Å². The van der Waals surface area contributed by atoms with Crippen LogP contribution in [-0.4, -0.2) is 37.7 Å². The molecule has 5 nitrogen and oxygen atoms in total. The third-order valence-corrected chi connectivity index (χ3v) is 6.90. The predicted molar refractivity (Wildman–Crippen MR) is 101 cm³/mol. The van der Waals surface area contributed by atoms with Gasteiger partial charge in [0.2, 0.25) is 0 Å². The van der Waals surface area contributed by atoms with Crippen LogP contribution in [0.1, 0.15) is 31.2 Å². The van der Waals surface area contributed by atoms with E-state index in [1.54, 1.807) is 34.9 Å². The normalized spacial score (nSPS) is 18.0. The summed E-state index contributed by atoms with van der Waals surface area (Å²) < 4.78 is 8.16. The average molecular weight is 381 g/mol. The molecule has 0 amide bonds. The highest BCUT2D eigenvalue weighted by molar-refractivity contribution is 7.99. The molecule has 0 unspecified atom stereocenters. The predicted octanol–water partition coefficient (Wildman–Crippen LogP) is 4.27. The first-order chi connectivity index (χ1) is 11.6. The van der Waals surface area contributed by atoms with Crippen molar-refractivity contribution in [1.82, 2.24) is 19.6 Å². The molecule has 0 spiro atoms. The second-order valence-corrected chi connectivity index (χ2v) is 9.24. The van der Waals surface area contributed by atoms with Gasteiger partial charge in [0.15, 0.2) is 16.0 Å². The number of fused-ring (bicyclic) bond motifs is 5. The van der Waals surface area contributed by atoms with Crippen LogP contribution in [0.2, 0.25) is 0 Å². The van der Waals surface area contributed by atoms with E-state index in [2.05, 4.69) is 41.6 Å². The Balaban J connectivity index is 1.98. The zero-order chi connectivity index (χ0) is 16.8. The van der Waals surface area contributed by atoms with Crippen molar-refractivity contribution >= 4 is 50.7 Å². The van der Waals surface area contributed by atoms with Crippen LogP contribution >= 0.6 is 34.9 Å². The van der Waals surface area contributed by atoms with Crippen molar-refractivity contribution in [3.05, 3.63) is 10.4 Å². The number of ether oxygens (including phenoxy) is 1. The number of aromatic nitrogens is 4. The maximum Gasteiger partial charge on any atom is 0.197 e. The molecule has 0 radical (unpaired) electrons. The molecule has 3 aromatic rings. The fourth-order valence-corrected chi connectivity index (χ4v) is 5.54. The highest BCUT2D eigenvalue weighted by Gasteiger charge is 2.28. The second kappa shape index (κ2) is 6.48. The zero-order valence-electron chi connectivity index (χ0n) is 14.2. The smallest absolute Gasteiger partial charge is 0.197 e. The fraction of sp³-hybridized carbons (Fsp3) is 0.562. The summed E-state index contributed by atoms with van der Waals surface area (Å²) in [5.41, 5.74) is 2.31. The van der Waals surface area contributed by atoms with Crippen molar-refractivity contribution in [2.75, 3.05) is 12.0 Å². The van der Waals surface area contributed by atoms with Crippen LogP contribution in [0.15, 0.2) is 10.3 Å². The van der Waals surface area contributed by atoms with Crippen molar-refractivity contribution in [2.24, 2.45) is 5.92 Å². The van der Waals surface area contributed by atoms with E-state index < -0.39 is 0 Å². The van der Waals surface area contributed by atoms with Gasteiger partial charge in [-0.2, -0.15) is 0 Å². The first-order valence-electron chi connectivity index (χ1n) is 8.11. The van der Waals surface area contributed by atoms with E-state index in [4.69, 9.17) is 9.72 Å². The minimum absolute atomic E-state index is 0.267. The molecule has 3 aromatic heterocycles. The molecule has 0 bridgehead atoms. The van der Waals surface area contributed by atoms with E-state index in [1.165, 1.54) is 15.8 Å². The van der Waals surface area contributed by atoms with Crippen molar-refractivity contribution in [3.63, 3.8) is 0 Å². The lowest BCUT2D eigenvalue weighted by atomic mass is 9.96. The molecular weight excluding hydrogens is 360 g/mol. The lowest BCUT2D eigenvalue weighted by Gasteiger charge is -2.26. The molecule has 0 fully saturated rings. The number of rotatable bonds is 4. The molecule has 8 heteroatoms. The Hall–Kier alpha value is -0.830. The molecule has 0 aromatic carbocycles. The van der Waals surface area contributed by atoms with Gasteiger partial charge < -0.3 is 4.74 Å². The molecule has 1 atom stereocenters. The molecule has 1 aliphatic rings. The number of thioether (sulfide) groups is 2. The van der Waals surface area contributed by atoms with Crippen molar-refractivity contribution in [2.45, 2.75) is 50.2 Å². The molecule has 0 aliphatic carbocycles. The minimum atomic E-state index is 0.267. The summed E-state index contributed by atoms with van der Waals surface area (Å²) in [6, 6.07) is 0. The summed E-state index contributed by atoms with van der Waals surface area (Å²) in [6.45, 7) is 7.26. The van der Waals surface area contributed by atoms with E-state index in [9.17, 15) is 0 Å². The van der Waals surface area contributed by atoms with Crippen LogP contribution in [0.3, 0.4) is 0 Å². The molecule has 0 saturated carbocycles. The number of thiophene rings is 1. The topological polar surface area (TPSA) is 52.3 Å². The molecule has 0 saturated heterocycles. The van der Waals surface area contributed by atoms with Crippen molar-refractivity contribution < 1.29 is 4.74 Å². The Morgan fingerprint density at radius 3 is 2.88 bits per heavy atom. The molecule has 0 N–H and O–H groups in total. The third kappa shape index (κ3) is 2.55. The van der Waals surface area contributed by atoms with Crippen molar-refractivity contribution in [1.29, 1.82) is 0 Å². The lowest BCUT2D eigenvalue weighted by molar-refractivity contribution is 0.00203. The maximum absolute atomic E-state index is 6.04. The van der Waals surface area contributed by atoms with Gasteiger partial charge in [0, 0.05) is 11.3 Å². The standard InChI is InChI=1S/C16H20N4OS3/c1-5-23-16-19-18-13-12-9-6-10(8(2)3)21-7-11(9)24-14(12)17-15(22-4)20(13)16/h8,10H,5-7H2,1-4H3/t10-/m0/s1. The Morgan fingerprint density at radius 2 is 2.17 bits per heavy atom. The van der Waals surface area contributed by atoms with Gasteiger partial charge in [-0.15, -0.1) is 21.5 Å². The molecule has 24 heavy (non-hydrogen) atoms. The first-order valence-corrected chi connectivity index (χ1v) is 11.1.